The highest BCUT2D eigenvalue weighted by atomic mass is 35.5. The van der Waals surface area contributed by atoms with Crippen molar-refractivity contribution >= 4 is 34.0 Å². The molecule has 25 heavy (non-hydrogen) atoms. The van der Waals surface area contributed by atoms with E-state index in [1.165, 1.54) is 18.4 Å². The number of amides is 1. The number of nitrogens with one attached hydrogen (secondary N) is 1. The van der Waals surface area contributed by atoms with Gasteiger partial charge in [-0.25, -0.2) is 4.98 Å². The molecule has 0 saturated heterocycles. The predicted octanol–water partition coefficient (Wildman–Crippen LogP) is 4.73. The molecule has 5 nitrogen and oxygen atoms in total. The van der Waals surface area contributed by atoms with Crippen LogP contribution in [0.4, 0.5) is 5.13 Å². The van der Waals surface area contributed by atoms with Gasteiger partial charge in [0.15, 0.2) is 5.13 Å². The van der Waals surface area contributed by atoms with Gasteiger partial charge in [-0.15, -0.1) is 11.3 Å². The molecule has 1 N–H and O–H groups in total. The van der Waals surface area contributed by atoms with Crippen LogP contribution in [0.2, 0.25) is 5.02 Å². The number of ether oxygens (including phenoxy) is 2. The van der Waals surface area contributed by atoms with E-state index < -0.39 is 0 Å². The predicted molar refractivity (Wildman–Crippen MR) is 100 cm³/mol. The molecule has 7 heteroatoms. The molecule has 0 fully saturated rings. The number of benzene rings is 2. The molecule has 2 aromatic carbocycles. The minimum Gasteiger partial charge on any atom is -0.497 e. The fraction of sp³-hybridized carbons (Fsp3) is 0.111. The van der Waals surface area contributed by atoms with Gasteiger partial charge >= 0.3 is 0 Å². The Kier molecular flexibility index (Phi) is 5.21. The molecule has 0 aliphatic rings. The summed E-state index contributed by atoms with van der Waals surface area (Å²) in [6.07, 6.45) is 0. The van der Waals surface area contributed by atoms with E-state index in [9.17, 15) is 4.79 Å². The number of hydrogen-bond acceptors (Lipinski definition) is 5. The first-order chi connectivity index (χ1) is 12.1. The van der Waals surface area contributed by atoms with Crippen LogP contribution in [0, 0.1) is 0 Å². The molecule has 3 aromatic rings. The molecule has 128 valence electrons. The average Bonchev–Trinajstić information content (AvgIpc) is 3.09. The van der Waals surface area contributed by atoms with E-state index in [1.807, 2.05) is 23.6 Å². The molecule has 0 radical (unpaired) electrons. The molecule has 0 aliphatic carbocycles. The highest BCUT2D eigenvalue weighted by Gasteiger charge is 2.16. The van der Waals surface area contributed by atoms with Crippen molar-refractivity contribution in [3.8, 4) is 22.8 Å². The first-order valence-electron chi connectivity index (χ1n) is 7.36. The van der Waals surface area contributed by atoms with Crippen LogP contribution in [0.5, 0.6) is 11.5 Å². The second-order valence-electron chi connectivity index (χ2n) is 5.04. The van der Waals surface area contributed by atoms with E-state index in [0.29, 0.717) is 32.9 Å². The number of nitrogens with zero attached hydrogens (tertiary/aromatic N) is 1. The van der Waals surface area contributed by atoms with Gasteiger partial charge in [-0.05, 0) is 18.2 Å². The summed E-state index contributed by atoms with van der Waals surface area (Å²) in [7, 11) is 3.06. The largest absolute Gasteiger partial charge is 0.497 e. The Morgan fingerprint density at radius 1 is 1.16 bits per heavy atom. The quantitative estimate of drug-likeness (QED) is 0.701. The Morgan fingerprint density at radius 3 is 2.68 bits per heavy atom. The van der Waals surface area contributed by atoms with Gasteiger partial charge in [0.05, 0.1) is 25.5 Å². The van der Waals surface area contributed by atoms with E-state index in [-0.39, 0.29) is 5.91 Å². The van der Waals surface area contributed by atoms with E-state index in [4.69, 9.17) is 21.1 Å². The first kappa shape index (κ1) is 17.3. The lowest BCUT2D eigenvalue weighted by Crippen LogP contribution is -2.13. The fourth-order valence-electron chi connectivity index (χ4n) is 2.27. The van der Waals surface area contributed by atoms with Gasteiger partial charge in [0.2, 0.25) is 0 Å². The molecular formula is C18H15ClN2O3S. The molecule has 0 saturated carbocycles. The van der Waals surface area contributed by atoms with Crippen molar-refractivity contribution in [2.45, 2.75) is 0 Å². The van der Waals surface area contributed by atoms with Gasteiger partial charge in [0.25, 0.3) is 5.91 Å². The van der Waals surface area contributed by atoms with Crippen molar-refractivity contribution in [3.63, 3.8) is 0 Å². The molecular weight excluding hydrogens is 360 g/mol. The maximum Gasteiger partial charge on any atom is 0.261 e. The van der Waals surface area contributed by atoms with Crippen LogP contribution in [-0.4, -0.2) is 25.1 Å². The monoisotopic (exact) mass is 374 g/mol. The highest BCUT2D eigenvalue weighted by Crippen LogP contribution is 2.31. The van der Waals surface area contributed by atoms with Gasteiger partial charge in [-0.1, -0.05) is 29.8 Å². The molecule has 0 aliphatic heterocycles. The summed E-state index contributed by atoms with van der Waals surface area (Å²) in [5.74, 6) is 0.739. The average molecular weight is 375 g/mol. The number of carbonyl (C=O) groups is 1. The van der Waals surface area contributed by atoms with Crippen molar-refractivity contribution < 1.29 is 14.3 Å². The number of halogens is 1. The SMILES string of the molecule is COc1ccc(C(=O)Nc2nc(-c3ccccc3Cl)cs2)c(OC)c1. The molecule has 1 amide bonds. The molecule has 0 bridgehead atoms. The third kappa shape index (κ3) is 3.75. The lowest BCUT2D eigenvalue weighted by atomic mass is 10.2. The standard InChI is InChI=1S/C18H15ClN2O3S/c1-23-11-7-8-13(16(9-11)24-2)17(22)21-18-20-15(10-25-18)12-5-3-4-6-14(12)19/h3-10H,1-2H3,(H,20,21,22). The van der Waals surface area contributed by atoms with Crippen molar-refractivity contribution in [2.24, 2.45) is 0 Å². The van der Waals surface area contributed by atoms with Gasteiger partial charge in [0, 0.05) is 22.0 Å². The number of methoxy groups -OCH3 is 2. The van der Waals surface area contributed by atoms with Crippen molar-refractivity contribution in [2.75, 3.05) is 19.5 Å². The molecule has 3 rings (SSSR count). The Balaban J connectivity index is 1.82. The zero-order valence-electron chi connectivity index (χ0n) is 13.6. The number of hydrogen-bond donors (Lipinski definition) is 1. The van der Waals surface area contributed by atoms with Crippen LogP contribution in [0.15, 0.2) is 47.8 Å². The van der Waals surface area contributed by atoms with E-state index >= 15 is 0 Å². The number of carbonyl (C=O) groups excluding carboxylic acids is 1. The van der Waals surface area contributed by atoms with Gasteiger partial charge in [-0.3, -0.25) is 10.1 Å². The summed E-state index contributed by atoms with van der Waals surface area (Å²) in [5, 5.41) is 5.73. The zero-order valence-corrected chi connectivity index (χ0v) is 15.1. The van der Waals surface area contributed by atoms with E-state index in [2.05, 4.69) is 10.3 Å². The first-order valence-corrected chi connectivity index (χ1v) is 8.62. The number of rotatable bonds is 5. The number of anilines is 1. The van der Waals surface area contributed by atoms with Crippen LogP contribution >= 0.6 is 22.9 Å². The number of thiazole rings is 1. The highest BCUT2D eigenvalue weighted by molar-refractivity contribution is 7.14. The van der Waals surface area contributed by atoms with Crippen molar-refractivity contribution in [3.05, 3.63) is 58.4 Å². The molecule has 0 atom stereocenters. The third-order valence-corrected chi connectivity index (χ3v) is 4.62. The van der Waals surface area contributed by atoms with Crippen LogP contribution in [-0.2, 0) is 0 Å². The summed E-state index contributed by atoms with van der Waals surface area (Å²) in [4.78, 5) is 16.9. The summed E-state index contributed by atoms with van der Waals surface area (Å²) in [5.41, 5.74) is 1.94. The van der Waals surface area contributed by atoms with Crippen LogP contribution in [0.1, 0.15) is 10.4 Å². The van der Waals surface area contributed by atoms with Gasteiger partial charge in [0.1, 0.15) is 11.5 Å². The Hall–Kier alpha value is -2.57. The lowest BCUT2D eigenvalue weighted by Gasteiger charge is -2.09. The van der Waals surface area contributed by atoms with Crippen molar-refractivity contribution in [1.29, 1.82) is 0 Å². The topological polar surface area (TPSA) is 60.5 Å². The normalized spacial score (nSPS) is 10.4. The fourth-order valence-corrected chi connectivity index (χ4v) is 3.21. The van der Waals surface area contributed by atoms with E-state index in [0.717, 1.165) is 5.56 Å². The maximum atomic E-state index is 12.5. The smallest absolute Gasteiger partial charge is 0.261 e. The Labute approximate surface area is 154 Å². The summed E-state index contributed by atoms with van der Waals surface area (Å²) < 4.78 is 10.4. The minimum atomic E-state index is -0.306. The van der Waals surface area contributed by atoms with Crippen molar-refractivity contribution in [1.82, 2.24) is 4.98 Å². The second-order valence-corrected chi connectivity index (χ2v) is 6.30. The van der Waals surface area contributed by atoms with Crippen LogP contribution in [0.25, 0.3) is 11.3 Å². The molecule has 1 heterocycles. The molecule has 0 spiro atoms. The minimum absolute atomic E-state index is 0.306. The van der Waals surface area contributed by atoms with E-state index in [1.54, 1.807) is 31.4 Å². The molecule has 1 aromatic heterocycles. The summed E-state index contributed by atoms with van der Waals surface area (Å²) in [6, 6.07) is 12.4. The number of aromatic nitrogens is 1. The molecule has 0 unspecified atom stereocenters. The second kappa shape index (κ2) is 7.55. The summed E-state index contributed by atoms with van der Waals surface area (Å²) in [6.45, 7) is 0. The van der Waals surface area contributed by atoms with Gasteiger partial charge < -0.3 is 9.47 Å². The van der Waals surface area contributed by atoms with Crippen LogP contribution < -0.4 is 14.8 Å². The Morgan fingerprint density at radius 2 is 1.96 bits per heavy atom. The maximum absolute atomic E-state index is 12.5. The summed E-state index contributed by atoms with van der Waals surface area (Å²) >= 11 is 7.52. The van der Waals surface area contributed by atoms with Crippen LogP contribution in [0.3, 0.4) is 0 Å². The Bertz CT molecular complexity index is 911. The zero-order chi connectivity index (χ0) is 17.8. The third-order valence-electron chi connectivity index (χ3n) is 3.53. The lowest BCUT2D eigenvalue weighted by molar-refractivity contribution is 0.102. The van der Waals surface area contributed by atoms with Gasteiger partial charge in [-0.2, -0.15) is 0 Å².